The standard InChI is InChI=1S/C13H22N2O3/c1-5-7-9(3)13(8-6-2)10(16)14-12(18)15(4)11(13)17/h9H,5-8H2,1-4H3,(H,14,16,18). The minimum Gasteiger partial charge on any atom is -0.277 e. The maximum Gasteiger partial charge on any atom is 0.330 e. The quantitative estimate of drug-likeness (QED) is 0.762. The van der Waals surface area contributed by atoms with Crippen LogP contribution in [0.1, 0.15) is 46.5 Å². The highest BCUT2D eigenvalue weighted by Crippen LogP contribution is 2.39. The number of carbonyl (C=O) groups is 3. The van der Waals surface area contributed by atoms with Gasteiger partial charge < -0.3 is 0 Å². The van der Waals surface area contributed by atoms with E-state index in [1.165, 1.54) is 7.05 Å². The Morgan fingerprint density at radius 1 is 1.22 bits per heavy atom. The first-order chi connectivity index (χ1) is 8.41. The van der Waals surface area contributed by atoms with Gasteiger partial charge in [0.1, 0.15) is 5.41 Å². The van der Waals surface area contributed by atoms with Crippen LogP contribution in [0.15, 0.2) is 0 Å². The van der Waals surface area contributed by atoms with Crippen LogP contribution < -0.4 is 5.32 Å². The van der Waals surface area contributed by atoms with Gasteiger partial charge in [0, 0.05) is 7.05 Å². The van der Waals surface area contributed by atoms with E-state index in [2.05, 4.69) is 5.32 Å². The van der Waals surface area contributed by atoms with Crippen molar-refractivity contribution in [3.8, 4) is 0 Å². The molecule has 0 saturated carbocycles. The normalized spacial score (nSPS) is 26.2. The summed E-state index contributed by atoms with van der Waals surface area (Å²) in [5, 5.41) is 2.30. The molecule has 2 atom stereocenters. The number of hydrogen-bond acceptors (Lipinski definition) is 3. The lowest BCUT2D eigenvalue weighted by molar-refractivity contribution is -0.155. The fourth-order valence-corrected chi connectivity index (χ4v) is 2.76. The Morgan fingerprint density at radius 2 is 1.83 bits per heavy atom. The smallest absolute Gasteiger partial charge is 0.277 e. The molecule has 0 aliphatic carbocycles. The van der Waals surface area contributed by atoms with Gasteiger partial charge in [0.25, 0.3) is 0 Å². The molecular weight excluding hydrogens is 232 g/mol. The van der Waals surface area contributed by atoms with Gasteiger partial charge in [0.15, 0.2) is 0 Å². The Labute approximate surface area is 108 Å². The van der Waals surface area contributed by atoms with Crippen LogP contribution in [-0.4, -0.2) is 29.8 Å². The van der Waals surface area contributed by atoms with Gasteiger partial charge >= 0.3 is 6.03 Å². The summed E-state index contributed by atoms with van der Waals surface area (Å²) in [6.07, 6.45) is 2.91. The zero-order chi connectivity index (χ0) is 13.9. The van der Waals surface area contributed by atoms with Gasteiger partial charge in [-0.15, -0.1) is 0 Å². The van der Waals surface area contributed by atoms with Crippen LogP contribution in [0.25, 0.3) is 0 Å². The van der Waals surface area contributed by atoms with E-state index in [-0.39, 0.29) is 11.8 Å². The first-order valence-corrected chi connectivity index (χ1v) is 6.55. The van der Waals surface area contributed by atoms with Crippen LogP contribution in [0.2, 0.25) is 0 Å². The van der Waals surface area contributed by atoms with Gasteiger partial charge in [-0.2, -0.15) is 0 Å². The number of imide groups is 2. The Morgan fingerprint density at radius 3 is 2.33 bits per heavy atom. The number of rotatable bonds is 5. The number of carbonyl (C=O) groups excluding carboxylic acids is 3. The molecule has 0 spiro atoms. The van der Waals surface area contributed by atoms with Gasteiger partial charge in [0.2, 0.25) is 11.8 Å². The summed E-state index contributed by atoms with van der Waals surface area (Å²) in [5.41, 5.74) is -1.08. The molecule has 0 bridgehead atoms. The predicted octanol–water partition coefficient (Wildman–Crippen LogP) is 1.92. The highest BCUT2D eigenvalue weighted by Gasteiger charge is 2.54. The van der Waals surface area contributed by atoms with Crippen molar-refractivity contribution in [1.29, 1.82) is 0 Å². The van der Waals surface area contributed by atoms with Crippen LogP contribution in [0, 0.1) is 11.3 Å². The minimum absolute atomic E-state index is 0.0644. The van der Waals surface area contributed by atoms with Crippen molar-refractivity contribution < 1.29 is 14.4 Å². The minimum atomic E-state index is -1.08. The number of hydrogen-bond donors (Lipinski definition) is 1. The molecule has 1 aliphatic rings. The number of urea groups is 1. The first kappa shape index (κ1) is 14.7. The summed E-state index contributed by atoms with van der Waals surface area (Å²) in [6, 6.07) is -0.625. The third-order valence-corrected chi connectivity index (χ3v) is 3.82. The summed E-state index contributed by atoms with van der Waals surface area (Å²) in [7, 11) is 1.42. The van der Waals surface area contributed by atoms with Crippen molar-refractivity contribution in [2.45, 2.75) is 46.5 Å². The van der Waals surface area contributed by atoms with Crippen molar-refractivity contribution in [2.75, 3.05) is 7.05 Å². The fourth-order valence-electron chi connectivity index (χ4n) is 2.76. The molecule has 1 saturated heterocycles. The summed E-state index contributed by atoms with van der Waals surface area (Å²) in [5.74, 6) is -0.858. The molecule has 0 aromatic rings. The maximum absolute atomic E-state index is 12.4. The van der Waals surface area contributed by atoms with E-state index in [0.29, 0.717) is 6.42 Å². The Hall–Kier alpha value is -1.39. The molecule has 18 heavy (non-hydrogen) atoms. The van der Waals surface area contributed by atoms with E-state index in [0.717, 1.165) is 24.2 Å². The first-order valence-electron chi connectivity index (χ1n) is 6.55. The van der Waals surface area contributed by atoms with E-state index in [4.69, 9.17) is 0 Å². The Kier molecular flexibility index (Phi) is 4.48. The zero-order valence-corrected chi connectivity index (χ0v) is 11.6. The molecule has 1 aliphatic heterocycles. The summed E-state index contributed by atoms with van der Waals surface area (Å²) in [6.45, 7) is 5.88. The maximum atomic E-state index is 12.4. The molecule has 0 aromatic heterocycles. The third-order valence-electron chi connectivity index (χ3n) is 3.82. The SMILES string of the molecule is CCCC(C)C1(CCC)C(=O)NC(=O)N(C)C1=O. The van der Waals surface area contributed by atoms with Gasteiger partial charge in [-0.3, -0.25) is 19.8 Å². The molecule has 1 fully saturated rings. The zero-order valence-electron chi connectivity index (χ0n) is 11.6. The van der Waals surface area contributed by atoms with Gasteiger partial charge in [-0.05, 0) is 18.8 Å². The van der Waals surface area contributed by atoms with Crippen molar-refractivity contribution in [3.63, 3.8) is 0 Å². The average molecular weight is 254 g/mol. The highest BCUT2D eigenvalue weighted by molar-refractivity contribution is 6.19. The van der Waals surface area contributed by atoms with E-state index < -0.39 is 17.4 Å². The van der Waals surface area contributed by atoms with Crippen molar-refractivity contribution in [3.05, 3.63) is 0 Å². The van der Waals surface area contributed by atoms with Gasteiger partial charge in [-0.25, -0.2) is 4.79 Å². The molecule has 1 N–H and O–H groups in total. The van der Waals surface area contributed by atoms with Gasteiger partial charge in [-0.1, -0.05) is 33.6 Å². The molecule has 2 unspecified atom stereocenters. The monoisotopic (exact) mass is 254 g/mol. The number of barbiturate groups is 1. The molecule has 0 aromatic carbocycles. The molecule has 0 radical (unpaired) electrons. The van der Waals surface area contributed by atoms with Crippen LogP contribution in [0.4, 0.5) is 4.79 Å². The van der Waals surface area contributed by atoms with Crippen LogP contribution >= 0.6 is 0 Å². The summed E-state index contributed by atoms with van der Waals surface area (Å²) in [4.78, 5) is 37.1. The molecule has 102 valence electrons. The summed E-state index contributed by atoms with van der Waals surface area (Å²) < 4.78 is 0. The van der Waals surface area contributed by atoms with E-state index in [9.17, 15) is 14.4 Å². The topological polar surface area (TPSA) is 66.5 Å². The second kappa shape index (κ2) is 5.50. The molecule has 5 heteroatoms. The fraction of sp³-hybridized carbons (Fsp3) is 0.769. The largest absolute Gasteiger partial charge is 0.330 e. The van der Waals surface area contributed by atoms with E-state index in [1.54, 1.807) is 0 Å². The second-order valence-corrected chi connectivity index (χ2v) is 5.03. The number of nitrogens with zero attached hydrogens (tertiary/aromatic N) is 1. The van der Waals surface area contributed by atoms with Crippen molar-refractivity contribution in [2.24, 2.45) is 11.3 Å². The number of nitrogens with one attached hydrogen (secondary N) is 1. The predicted molar refractivity (Wildman–Crippen MR) is 67.7 cm³/mol. The highest BCUT2D eigenvalue weighted by atomic mass is 16.2. The molecule has 4 amide bonds. The van der Waals surface area contributed by atoms with Crippen LogP contribution in [-0.2, 0) is 9.59 Å². The second-order valence-electron chi connectivity index (χ2n) is 5.03. The molecule has 1 heterocycles. The Bertz CT molecular complexity index is 367. The van der Waals surface area contributed by atoms with Crippen molar-refractivity contribution >= 4 is 17.8 Å². The van der Waals surface area contributed by atoms with E-state index >= 15 is 0 Å². The molecule has 5 nitrogen and oxygen atoms in total. The lowest BCUT2D eigenvalue weighted by Crippen LogP contribution is -2.64. The summed E-state index contributed by atoms with van der Waals surface area (Å²) >= 11 is 0. The third kappa shape index (κ3) is 2.13. The molecular formula is C13H22N2O3. The lowest BCUT2D eigenvalue weighted by atomic mass is 9.68. The van der Waals surface area contributed by atoms with Crippen molar-refractivity contribution in [1.82, 2.24) is 10.2 Å². The van der Waals surface area contributed by atoms with Gasteiger partial charge in [0.05, 0.1) is 0 Å². The Balaban J connectivity index is 3.18. The van der Waals surface area contributed by atoms with Crippen LogP contribution in [0.3, 0.4) is 0 Å². The number of amides is 4. The average Bonchev–Trinajstić information content (AvgIpc) is 2.32. The lowest BCUT2D eigenvalue weighted by Gasteiger charge is -2.41. The van der Waals surface area contributed by atoms with E-state index in [1.807, 2.05) is 20.8 Å². The molecule has 1 rings (SSSR count). The van der Waals surface area contributed by atoms with Crippen LogP contribution in [0.5, 0.6) is 0 Å².